The summed E-state index contributed by atoms with van der Waals surface area (Å²) < 4.78 is 53.6. The molecule has 3 rings (SSSR count). The molecule has 2 aromatic heterocycles. The molecule has 3 aromatic rings. The number of benzene rings is 1. The van der Waals surface area contributed by atoms with Gasteiger partial charge in [-0.1, -0.05) is 51.1 Å². The van der Waals surface area contributed by atoms with Crippen LogP contribution in [0, 0.1) is 5.92 Å². The quantitative estimate of drug-likeness (QED) is 0.496. The van der Waals surface area contributed by atoms with Gasteiger partial charge in [0, 0.05) is 25.1 Å². The van der Waals surface area contributed by atoms with Gasteiger partial charge in [0.15, 0.2) is 0 Å². The minimum Gasteiger partial charge on any atom is -0.415 e. The van der Waals surface area contributed by atoms with Crippen LogP contribution in [-0.4, -0.2) is 40.6 Å². The van der Waals surface area contributed by atoms with E-state index in [1.807, 2.05) is 51.1 Å². The first-order chi connectivity index (χ1) is 14.7. The van der Waals surface area contributed by atoms with Crippen LogP contribution in [-0.2, 0) is 16.3 Å². The van der Waals surface area contributed by atoms with Gasteiger partial charge >= 0.3 is 6.43 Å². The first-order valence-electron chi connectivity index (χ1n) is 9.88. The van der Waals surface area contributed by atoms with E-state index in [1.54, 1.807) is 0 Å². The molecule has 0 saturated heterocycles. The molecule has 0 radical (unpaired) electrons. The summed E-state index contributed by atoms with van der Waals surface area (Å²) in [5, 5.41) is 6.85. The Labute approximate surface area is 180 Å². The number of sulfone groups is 1. The van der Waals surface area contributed by atoms with E-state index in [9.17, 15) is 17.2 Å². The molecule has 0 N–H and O–H groups in total. The van der Waals surface area contributed by atoms with Crippen LogP contribution in [0.2, 0.25) is 0 Å². The molecular weight excluding hydrogens is 426 g/mol. The smallest absolute Gasteiger partial charge is 0.314 e. The van der Waals surface area contributed by atoms with Gasteiger partial charge < -0.3 is 4.42 Å². The average molecular weight is 453 g/mol. The number of hydrogen-bond acceptors (Lipinski definition) is 7. The monoisotopic (exact) mass is 452 g/mol. The van der Waals surface area contributed by atoms with Crippen LogP contribution >= 0.6 is 0 Å². The van der Waals surface area contributed by atoms with Gasteiger partial charge in [-0.25, -0.2) is 18.4 Å². The number of halogens is 2. The lowest BCUT2D eigenvalue weighted by atomic mass is 9.85. The largest absolute Gasteiger partial charge is 0.415 e. The third-order valence-corrected chi connectivity index (χ3v) is 5.59. The Bertz CT molecular complexity index is 1040. The van der Waals surface area contributed by atoms with Gasteiger partial charge in [-0.3, -0.25) is 0 Å². The number of alkyl halides is 2. The maximum Gasteiger partial charge on any atom is 0.314 e. The van der Waals surface area contributed by atoms with Gasteiger partial charge in [-0.2, -0.15) is 8.78 Å². The molecule has 0 spiro atoms. The highest BCUT2D eigenvalue weighted by molar-refractivity contribution is 7.90. The second kappa shape index (κ2) is 11.0. The van der Waals surface area contributed by atoms with Crippen molar-refractivity contribution in [2.24, 2.45) is 5.92 Å². The summed E-state index contributed by atoms with van der Waals surface area (Å²) in [7, 11) is -3.15. The Hall–Kier alpha value is -2.75. The minimum absolute atomic E-state index is 0.0447. The Morgan fingerprint density at radius 3 is 2.16 bits per heavy atom. The van der Waals surface area contributed by atoms with Crippen LogP contribution in [0.3, 0.4) is 0 Å². The molecule has 7 nitrogen and oxygen atoms in total. The molecule has 0 amide bonds. The van der Waals surface area contributed by atoms with Crippen molar-refractivity contribution < 1.29 is 21.6 Å². The number of rotatable bonds is 8. The summed E-state index contributed by atoms with van der Waals surface area (Å²) in [6, 6.07) is 9.58. The fourth-order valence-corrected chi connectivity index (χ4v) is 4.34. The van der Waals surface area contributed by atoms with Gasteiger partial charge in [0.25, 0.3) is 11.8 Å². The maximum atomic E-state index is 12.6. The predicted molar refractivity (Wildman–Crippen MR) is 113 cm³/mol. The van der Waals surface area contributed by atoms with Crippen molar-refractivity contribution in [1.82, 2.24) is 20.2 Å². The van der Waals surface area contributed by atoms with Crippen LogP contribution in [0.25, 0.3) is 11.5 Å². The van der Waals surface area contributed by atoms with Crippen molar-refractivity contribution in [3.63, 3.8) is 0 Å². The summed E-state index contributed by atoms with van der Waals surface area (Å²) in [4.78, 5) is 8.56. The number of hydrogen-bond donors (Lipinski definition) is 0. The summed E-state index contributed by atoms with van der Waals surface area (Å²) in [5.74, 6) is -0.564. The molecule has 2 heterocycles. The van der Waals surface area contributed by atoms with Gasteiger partial charge in [-0.05, 0) is 17.4 Å². The lowest BCUT2D eigenvalue weighted by molar-refractivity contribution is 0.116. The van der Waals surface area contributed by atoms with E-state index >= 15 is 0 Å². The van der Waals surface area contributed by atoms with E-state index in [0.29, 0.717) is 17.8 Å². The second-order valence-electron chi connectivity index (χ2n) is 6.93. The van der Waals surface area contributed by atoms with Crippen molar-refractivity contribution in [3.8, 4) is 11.5 Å². The predicted octanol–water partition coefficient (Wildman–Crippen LogP) is 4.50. The highest BCUT2D eigenvalue weighted by Crippen LogP contribution is 2.29. The topological polar surface area (TPSA) is 98.8 Å². The third kappa shape index (κ3) is 7.16. The molecule has 31 heavy (non-hydrogen) atoms. The van der Waals surface area contributed by atoms with E-state index in [1.165, 1.54) is 18.6 Å². The molecule has 2 unspecified atom stereocenters. The molecule has 168 valence electrons. The van der Waals surface area contributed by atoms with E-state index in [-0.39, 0.29) is 23.5 Å². The first-order valence-corrected chi connectivity index (χ1v) is 11.9. The fraction of sp³-hybridized carbons (Fsp3) is 0.429. The molecule has 0 aliphatic heterocycles. The van der Waals surface area contributed by atoms with Crippen LogP contribution in [0.4, 0.5) is 8.78 Å². The Morgan fingerprint density at radius 2 is 1.65 bits per heavy atom. The Balaban J connectivity index is 0.00000166. The van der Waals surface area contributed by atoms with E-state index < -0.39 is 22.2 Å². The van der Waals surface area contributed by atoms with Crippen LogP contribution in [0.5, 0.6) is 0 Å². The zero-order chi connectivity index (χ0) is 23.0. The second-order valence-corrected chi connectivity index (χ2v) is 9.11. The molecule has 10 heteroatoms. The van der Waals surface area contributed by atoms with Crippen molar-refractivity contribution in [3.05, 3.63) is 60.0 Å². The Kier molecular flexibility index (Phi) is 8.73. The zero-order valence-corrected chi connectivity index (χ0v) is 18.7. The number of aromatic nitrogens is 4. The molecular formula is C21H26F2N4O3S. The van der Waals surface area contributed by atoms with E-state index in [4.69, 9.17) is 4.42 Å². The van der Waals surface area contributed by atoms with E-state index in [2.05, 4.69) is 20.2 Å². The molecule has 2 atom stereocenters. The van der Waals surface area contributed by atoms with Crippen LogP contribution < -0.4 is 0 Å². The van der Waals surface area contributed by atoms with Gasteiger partial charge in [0.1, 0.15) is 15.7 Å². The first kappa shape index (κ1) is 24.5. The Morgan fingerprint density at radius 1 is 1.03 bits per heavy atom. The van der Waals surface area contributed by atoms with Crippen molar-refractivity contribution in [2.45, 2.75) is 39.5 Å². The lowest BCUT2D eigenvalue weighted by Crippen LogP contribution is -2.21. The van der Waals surface area contributed by atoms with Crippen LogP contribution in [0.15, 0.2) is 47.1 Å². The highest BCUT2D eigenvalue weighted by Gasteiger charge is 2.24. The third-order valence-electron chi connectivity index (χ3n) is 4.46. The molecule has 0 aliphatic rings. The highest BCUT2D eigenvalue weighted by atomic mass is 32.2. The standard InChI is InChI=1S/C19H20F2N4O3S.C2H6/c1-12(11-29(2,26)27)15(13-6-4-3-5-7-13)8-16-22-9-14(10-23-16)18-24-25-19(28-18)17(20)21;1-2/h3-7,9-10,12,15,17H,8,11H2,1-2H3;1-2H3. The van der Waals surface area contributed by atoms with Gasteiger partial charge in [0.2, 0.25) is 0 Å². The fourth-order valence-electron chi connectivity index (χ4n) is 3.15. The van der Waals surface area contributed by atoms with Crippen molar-refractivity contribution >= 4 is 9.84 Å². The molecule has 0 bridgehead atoms. The average Bonchev–Trinajstić information content (AvgIpc) is 3.24. The number of nitrogens with zero attached hydrogens (tertiary/aromatic N) is 4. The molecule has 1 aromatic carbocycles. The lowest BCUT2D eigenvalue weighted by Gasteiger charge is -2.23. The van der Waals surface area contributed by atoms with Crippen molar-refractivity contribution in [1.29, 1.82) is 0 Å². The molecule has 0 saturated carbocycles. The molecule has 0 fully saturated rings. The molecule has 0 aliphatic carbocycles. The summed E-state index contributed by atoms with van der Waals surface area (Å²) in [6.07, 6.45) is 1.64. The summed E-state index contributed by atoms with van der Waals surface area (Å²) in [6.45, 7) is 5.89. The minimum atomic E-state index is -3.15. The van der Waals surface area contributed by atoms with Gasteiger partial charge in [-0.15, -0.1) is 10.2 Å². The summed E-state index contributed by atoms with van der Waals surface area (Å²) in [5.41, 5.74) is 1.32. The zero-order valence-electron chi connectivity index (χ0n) is 17.9. The van der Waals surface area contributed by atoms with E-state index in [0.717, 1.165) is 5.56 Å². The van der Waals surface area contributed by atoms with Crippen molar-refractivity contribution in [2.75, 3.05) is 12.0 Å². The maximum absolute atomic E-state index is 12.6. The summed E-state index contributed by atoms with van der Waals surface area (Å²) >= 11 is 0. The normalized spacial score (nSPS) is 13.4. The SMILES string of the molecule is CC.CC(CS(C)(=O)=O)C(Cc1ncc(-c2nnc(C(F)F)o2)cn1)c1ccccc1. The van der Waals surface area contributed by atoms with Gasteiger partial charge in [0.05, 0.1) is 11.3 Å². The van der Waals surface area contributed by atoms with Crippen LogP contribution in [0.1, 0.15) is 50.4 Å².